The molecule has 0 radical (unpaired) electrons. The van der Waals surface area contributed by atoms with Crippen molar-refractivity contribution >= 4 is 11.6 Å². The molecule has 0 saturated carbocycles. The summed E-state index contributed by atoms with van der Waals surface area (Å²) >= 11 is 0. The van der Waals surface area contributed by atoms with Crippen LogP contribution in [0.15, 0.2) is 18.2 Å². The molecule has 1 aromatic rings. The number of benzene rings is 1. The van der Waals surface area contributed by atoms with Crippen molar-refractivity contribution in [2.24, 2.45) is 11.5 Å². The van der Waals surface area contributed by atoms with Crippen LogP contribution in [0.3, 0.4) is 0 Å². The minimum atomic E-state index is -0.274. The second-order valence-electron chi connectivity index (χ2n) is 5.76. The van der Waals surface area contributed by atoms with Gasteiger partial charge in [0.2, 0.25) is 5.91 Å². The lowest BCUT2D eigenvalue weighted by atomic mass is 9.90. The van der Waals surface area contributed by atoms with Crippen LogP contribution in [0.25, 0.3) is 0 Å². The molecule has 1 aromatic carbocycles. The predicted molar refractivity (Wildman–Crippen MR) is 73.2 cm³/mol. The molecular weight excluding hydrogens is 226 g/mol. The Labute approximate surface area is 108 Å². The number of hydrogen-bond acceptors (Lipinski definition) is 3. The third-order valence-electron chi connectivity index (χ3n) is 3.20. The number of amides is 1. The summed E-state index contributed by atoms with van der Waals surface area (Å²) in [5, 5.41) is 2.87. The largest absolute Gasteiger partial charge is 0.326 e. The fraction of sp³-hybridized carbons (Fsp3) is 0.500. The average Bonchev–Trinajstić information content (AvgIpc) is 2.26. The van der Waals surface area contributed by atoms with Gasteiger partial charge in [-0.25, -0.2) is 0 Å². The summed E-state index contributed by atoms with van der Waals surface area (Å²) in [4.78, 5) is 11.3. The number of rotatable bonds is 3. The van der Waals surface area contributed by atoms with Gasteiger partial charge in [0.1, 0.15) is 0 Å². The Balaban J connectivity index is 2.18. The van der Waals surface area contributed by atoms with Crippen LogP contribution in [0, 0.1) is 0 Å². The summed E-state index contributed by atoms with van der Waals surface area (Å²) < 4.78 is 0. The highest BCUT2D eigenvalue weighted by molar-refractivity contribution is 5.93. The molecule has 1 amide bonds. The maximum Gasteiger partial charge on any atom is 0.224 e. The Morgan fingerprint density at radius 3 is 2.78 bits per heavy atom. The second-order valence-corrected chi connectivity index (χ2v) is 5.76. The number of aryl methyl sites for hydroxylation is 1. The van der Waals surface area contributed by atoms with Crippen LogP contribution in [0.5, 0.6) is 0 Å². The van der Waals surface area contributed by atoms with Crippen LogP contribution in [0.1, 0.15) is 43.9 Å². The van der Waals surface area contributed by atoms with Gasteiger partial charge in [-0.2, -0.15) is 0 Å². The minimum Gasteiger partial charge on any atom is -0.326 e. The molecule has 98 valence electrons. The van der Waals surface area contributed by atoms with E-state index >= 15 is 0 Å². The molecule has 18 heavy (non-hydrogen) atoms. The molecule has 1 aliphatic heterocycles. The van der Waals surface area contributed by atoms with Gasteiger partial charge in [0.05, 0.1) is 0 Å². The van der Waals surface area contributed by atoms with Crippen molar-refractivity contribution in [3.05, 3.63) is 29.3 Å². The molecule has 4 nitrogen and oxygen atoms in total. The van der Waals surface area contributed by atoms with Gasteiger partial charge < -0.3 is 16.8 Å². The first kappa shape index (κ1) is 13.1. The van der Waals surface area contributed by atoms with Crippen molar-refractivity contribution < 1.29 is 4.79 Å². The zero-order valence-electron chi connectivity index (χ0n) is 11.0. The third kappa shape index (κ3) is 3.09. The number of nitrogens with two attached hydrogens (primary N) is 2. The lowest BCUT2D eigenvalue weighted by Gasteiger charge is -2.25. The third-order valence-corrected chi connectivity index (χ3v) is 3.20. The smallest absolute Gasteiger partial charge is 0.224 e. The number of hydrogen-bond donors (Lipinski definition) is 3. The van der Waals surface area contributed by atoms with Crippen LogP contribution < -0.4 is 16.8 Å². The quantitative estimate of drug-likeness (QED) is 0.760. The van der Waals surface area contributed by atoms with Gasteiger partial charge in [-0.1, -0.05) is 12.1 Å². The topological polar surface area (TPSA) is 81.1 Å². The van der Waals surface area contributed by atoms with Crippen molar-refractivity contribution in [2.45, 2.75) is 44.7 Å². The molecule has 0 aliphatic carbocycles. The van der Waals surface area contributed by atoms with E-state index in [1.807, 2.05) is 26.0 Å². The van der Waals surface area contributed by atoms with Gasteiger partial charge in [0, 0.05) is 23.7 Å². The van der Waals surface area contributed by atoms with E-state index in [0.29, 0.717) is 6.42 Å². The summed E-state index contributed by atoms with van der Waals surface area (Å²) in [6.07, 6.45) is 2.07. The van der Waals surface area contributed by atoms with E-state index in [1.165, 1.54) is 0 Å². The average molecular weight is 247 g/mol. The van der Waals surface area contributed by atoms with Crippen molar-refractivity contribution in [2.75, 3.05) is 5.32 Å². The molecule has 1 unspecified atom stereocenters. The SMILES string of the molecule is CC(C)(N)CC(N)c1ccc2c(c1)CCC(=O)N2. The Morgan fingerprint density at radius 1 is 1.39 bits per heavy atom. The molecule has 4 heteroatoms. The molecule has 0 spiro atoms. The number of fused-ring (bicyclic) bond motifs is 1. The monoisotopic (exact) mass is 247 g/mol. The summed E-state index contributed by atoms with van der Waals surface area (Å²) in [7, 11) is 0. The van der Waals surface area contributed by atoms with E-state index in [4.69, 9.17) is 11.5 Å². The van der Waals surface area contributed by atoms with E-state index in [0.717, 1.165) is 29.7 Å². The van der Waals surface area contributed by atoms with Gasteiger partial charge in [-0.05, 0) is 43.9 Å². The van der Waals surface area contributed by atoms with E-state index in [9.17, 15) is 4.79 Å². The van der Waals surface area contributed by atoms with Crippen molar-refractivity contribution in [1.82, 2.24) is 0 Å². The molecule has 1 heterocycles. The fourth-order valence-corrected chi connectivity index (χ4v) is 2.32. The zero-order valence-corrected chi connectivity index (χ0v) is 11.0. The van der Waals surface area contributed by atoms with E-state index in [1.54, 1.807) is 0 Å². The number of nitrogens with one attached hydrogen (secondary N) is 1. The van der Waals surface area contributed by atoms with Crippen molar-refractivity contribution in [3.8, 4) is 0 Å². The van der Waals surface area contributed by atoms with Crippen molar-refractivity contribution in [1.29, 1.82) is 0 Å². The molecule has 1 aliphatic rings. The van der Waals surface area contributed by atoms with Crippen LogP contribution in [0.4, 0.5) is 5.69 Å². The number of carbonyl (C=O) groups is 1. The van der Waals surface area contributed by atoms with E-state index in [2.05, 4.69) is 11.4 Å². The number of anilines is 1. The molecular formula is C14H21N3O. The van der Waals surface area contributed by atoms with Crippen LogP contribution in [-0.4, -0.2) is 11.4 Å². The highest BCUT2D eigenvalue weighted by Crippen LogP contribution is 2.27. The molecule has 0 bridgehead atoms. The Bertz CT molecular complexity index is 463. The maximum absolute atomic E-state index is 11.3. The first-order valence-electron chi connectivity index (χ1n) is 6.32. The van der Waals surface area contributed by atoms with E-state index < -0.39 is 0 Å². The van der Waals surface area contributed by atoms with Crippen LogP contribution in [-0.2, 0) is 11.2 Å². The Hall–Kier alpha value is -1.39. The summed E-state index contributed by atoms with van der Waals surface area (Å²) in [5.74, 6) is 0.0858. The molecule has 0 aromatic heterocycles. The summed E-state index contributed by atoms with van der Waals surface area (Å²) in [6, 6.07) is 5.94. The highest BCUT2D eigenvalue weighted by Gasteiger charge is 2.20. The van der Waals surface area contributed by atoms with Crippen LogP contribution in [0.2, 0.25) is 0 Å². The minimum absolute atomic E-state index is 0.0621. The highest BCUT2D eigenvalue weighted by atomic mass is 16.1. The van der Waals surface area contributed by atoms with E-state index in [-0.39, 0.29) is 17.5 Å². The number of carbonyl (C=O) groups excluding carboxylic acids is 1. The fourth-order valence-electron chi connectivity index (χ4n) is 2.32. The second kappa shape index (κ2) is 4.71. The Morgan fingerprint density at radius 2 is 2.11 bits per heavy atom. The lowest BCUT2D eigenvalue weighted by Crippen LogP contribution is -2.36. The van der Waals surface area contributed by atoms with Crippen LogP contribution >= 0.6 is 0 Å². The summed E-state index contributed by atoms with van der Waals surface area (Å²) in [6.45, 7) is 3.96. The first-order valence-corrected chi connectivity index (χ1v) is 6.32. The lowest BCUT2D eigenvalue weighted by molar-refractivity contribution is -0.116. The molecule has 1 atom stereocenters. The van der Waals surface area contributed by atoms with Gasteiger partial charge in [0.25, 0.3) is 0 Å². The van der Waals surface area contributed by atoms with Gasteiger partial charge in [0.15, 0.2) is 0 Å². The molecule has 0 fully saturated rings. The predicted octanol–water partition coefficient (Wildman–Crippen LogP) is 1.70. The normalized spacial score (nSPS) is 17.0. The summed E-state index contributed by atoms with van der Waals surface area (Å²) in [5.41, 5.74) is 15.1. The zero-order chi connectivity index (χ0) is 13.3. The first-order chi connectivity index (χ1) is 8.35. The molecule has 2 rings (SSSR count). The van der Waals surface area contributed by atoms with Crippen molar-refractivity contribution in [3.63, 3.8) is 0 Å². The Kier molecular flexibility index (Phi) is 3.41. The van der Waals surface area contributed by atoms with Gasteiger partial charge >= 0.3 is 0 Å². The van der Waals surface area contributed by atoms with Gasteiger partial charge in [-0.3, -0.25) is 4.79 Å². The molecule has 5 N–H and O–H groups in total. The maximum atomic E-state index is 11.3. The standard InChI is InChI=1S/C14H21N3O/c1-14(2,16)8-11(15)9-3-5-12-10(7-9)4-6-13(18)17-12/h3,5,7,11H,4,6,8,15-16H2,1-2H3,(H,17,18). The molecule has 0 saturated heterocycles. The van der Waals surface area contributed by atoms with Gasteiger partial charge in [-0.15, -0.1) is 0 Å².